The second-order valence-corrected chi connectivity index (χ2v) is 7.69. The van der Waals surface area contributed by atoms with E-state index in [2.05, 4.69) is 45.2 Å². The number of alkyl halides is 1. The lowest BCUT2D eigenvalue weighted by Gasteiger charge is -2.35. The van der Waals surface area contributed by atoms with Crippen LogP contribution in [-0.4, -0.2) is 11.9 Å². The SMILES string of the molecule is CCC(C)C1=CC(Cl)CC=C1C(C)(C)CNc1ccccc1N. The highest BCUT2D eigenvalue weighted by molar-refractivity contribution is 6.22. The fraction of sp³-hybridized carbons (Fsp3) is 0.500. The molecule has 0 fully saturated rings. The average molecular weight is 333 g/mol. The van der Waals surface area contributed by atoms with Crippen molar-refractivity contribution >= 4 is 23.0 Å². The van der Waals surface area contributed by atoms with Crippen LogP contribution in [0.5, 0.6) is 0 Å². The first-order chi connectivity index (χ1) is 10.8. The number of nitrogens with one attached hydrogen (secondary N) is 1. The Labute approximate surface area is 145 Å². The average Bonchev–Trinajstić information content (AvgIpc) is 2.53. The smallest absolute Gasteiger partial charge is 0.0574 e. The molecule has 3 N–H and O–H groups in total. The minimum Gasteiger partial charge on any atom is -0.397 e. The number of para-hydroxylation sites is 2. The third kappa shape index (κ3) is 4.32. The van der Waals surface area contributed by atoms with Crippen LogP contribution < -0.4 is 11.1 Å². The van der Waals surface area contributed by atoms with Crippen LogP contribution in [-0.2, 0) is 0 Å². The highest BCUT2D eigenvalue weighted by Crippen LogP contribution is 2.40. The number of benzene rings is 1. The predicted molar refractivity (Wildman–Crippen MR) is 103 cm³/mol. The van der Waals surface area contributed by atoms with E-state index in [1.807, 2.05) is 24.3 Å². The molecule has 1 aromatic carbocycles. The van der Waals surface area contributed by atoms with E-state index in [4.69, 9.17) is 17.3 Å². The van der Waals surface area contributed by atoms with Crippen molar-refractivity contribution in [3.05, 3.63) is 47.6 Å². The van der Waals surface area contributed by atoms with Gasteiger partial charge >= 0.3 is 0 Å². The number of hydrogen-bond donors (Lipinski definition) is 2. The van der Waals surface area contributed by atoms with Crippen LogP contribution in [0.2, 0.25) is 0 Å². The van der Waals surface area contributed by atoms with Crippen molar-refractivity contribution in [3.8, 4) is 0 Å². The molecule has 0 bridgehead atoms. The highest BCUT2D eigenvalue weighted by atomic mass is 35.5. The summed E-state index contributed by atoms with van der Waals surface area (Å²) in [5.74, 6) is 0.531. The zero-order valence-corrected chi connectivity index (χ0v) is 15.5. The Balaban J connectivity index is 2.17. The van der Waals surface area contributed by atoms with Gasteiger partial charge in [0.15, 0.2) is 0 Å². The van der Waals surface area contributed by atoms with E-state index in [1.165, 1.54) is 11.1 Å². The van der Waals surface area contributed by atoms with E-state index >= 15 is 0 Å². The van der Waals surface area contributed by atoms with Crippen molar-refractivity contribution in [2.24, 2.45) is 11.3 Å². The van der Waals surface area contributed by atoms with Gasteiger partial charge in [-0.15, -0.1) is 11.6 Å². The van der Waals surface area contributed by atoms with Gasteiger partial charge in [0.25, 0.3) is 0 Å². The van der Waals surface area contributed by atoms with Gasteiger partial charge < -0.3 is 11.1 Å². The Hall–Kier alpha value is -1.41. The lowest BCUT2D eigenvalue weighted by Crippen LogP contribution is -2.29. The topological polar surface area (TPSA) is 38.0 Å². The number of rotatable bonds is 6. The second kappa shape index (κ2) is 7.44. The molecule has 3 heteroatoms. The van der Waals surface area contributed by atoms with Crippen molar-refractivity contribution in [2.75, 3.05) is 17.6 Å². The molecule has 0 spiro atoms. The van der Waals surface area contributed by atoms with Gasteiger partial charge in [-0.05, 0) is 42.0 Å². The standard InChI is InChI=1S/C20H29ClN2/c1-5-14(2)16-12-15(21)10-11-17(16)20(3,4)13-23-19-9-7-6-8-18(19)22/h6-9,11-12,14-15,23H,5,10,13,22H2,1-4H3. The Kier molecular flexibility index (Phi) is 5.80. The molecule has 0 heterocycles. The van der Waals surface area contributed by atoms with Crippen LogP contribution in [0.25, 0.3) is 0 Å². The van der Waals surface area contributed by atoms with Crippen LogP contribution in [0.15, 0.2) is 47.6 Å². The van der Waals surface area contributed by atoms with Crippen LogP contribution in [0.3, 0.4) is 0 Å². The first-order valence-electron chi connectivity index (χ1n) is 8.50. The lowest BCUT2D eigenvalue weighted by atomic mass is 9.73. The third-order valence-corrected chi connectivity index (χ3v) is 5.08. The first kappa shape index (κ1) is 17.9. The minimum absolute atomic E-state index is 0.0224. The number of anilines is 2. The zero-order chi connectivity index (χ0) is 17.0. The zero-order valence-electron chi connectivity index (χ0n) is 14.7. The minimum atomic E-state index is 0.0224. The predicted octanol–water partition coefficient (Wildman–Crippen LogP) is 5.62. The molecule has 2 nitrogen and oxygen atoms in total. The molecule has 23 heavy (non-hydrogen) atoms. The van der Waals surface area contributed by atoms with Gasteiger partial charge in [0, 0.05) is 12.0 Å². The number of nitrogen functional groups attached to an aromatic ring is 1. The summed E-state index contributed by atoms with van der Waals surface area (Å²) in [7, 11) is 0. The van der Waals surface area contributed by atoms with Gasteiger partial charge in [0.05, 0.1) is 16.8 Å². The molecule has 1 aliphatic carbocycles. The summed E-state index contributed by atoms with van der Waals surface area (Å²) in [6.45, 7) is 9.93. The van der Waals surface area contributed by atoms with E-state index in [-0.39, 0.29) is 10.8 Å². The molecule has 2 atom stereocenters. The molecule has 0 amide bonds. The summed E-state index contributed by atoms with van der Waals surface area (Å²) < 4.78 is 0. The number of nitrogens with two attached hydrogens (primary N) is 1. The fourth-order valence-corrected chi connectivity index (χ4v) is 3.31. The van der Waals surface area contributed by atoms with Gasteiger partial charge in [0.1, 0.15) is 0 Å². The van der Waals surface area contributed by atoms with Crippen LogP contribution >= 0.6 is 11.6 Å². The monoisotopic (exact) mass is 332 g/mol. The molecule has 0 aromatic heterocycles. The molecule has 0 saturated heterocycles. The van der Waals surface area contributed by atoms with Crippen LogP contribution in [0.4, 0.5) is 11.4 Å². The van der Waals surface area contributed by atoms with E-state index in [0.717, 1.165) is 30.8 Å². The third-order valence-electron chi connectivity index (χ3n) is 4.77. The maximum absolute atomic E-state index is 6.37. The maximum Gasteiger partial charge on any atom is 0.0574 e. The van der Waals surface area contributed by atoms with Crippen molar-refractivity contribution in [1.82, 2.24) is 0 Å². The molecule has 0 aliphatic heterocycles. The van der Waals surface area contributed by atoms with Crippen molar-refractivity contribution in [3.63, 3.8) is 0 Å². The normalized spacial score (nSPS) is 19.8. The van der Waals surface area contributed by atoms with Crippen molar-refractivity contribution < 1.29 is 0 Å². The van der Waals surface area contributed by atoms with Gasteiger partial charge in [-0.25, -0.2) is 0 Å². The number of halogens is 1. The lowest BCUT2D eigenvalue weighted by molar-refractivity contribution is 0.460. The molecule has 0 saturated carbocycles. The Morgan fingerprint density at radius 1 is 1.35 bits per heavy atom. The number of allylic oxidation sites excluding steroid dienone is 3. The molecule has 1 aliphatic rings. The first-order valence-corrected chi connectivity index (χ1v) is 8.94. The number of hydrogen-bond acceptors (Lipinski definition) is 2. The Morgan fingerprint density at radius 3 is 2.70 bits per heavy atom. The van der Waals surface area contributed by atoms with Gasteiger partial charge in [-0.1, -0.05) is 52.0 Å². The van der Waals surface area contributed by atoms with Crippen LogP contribution in [0.1, 0.15) is 40.5 Å². The van der Waals surface area contributed by atoms with Gasteiger partial charge in [0.2, 0.25) is 0 Å². The van der Waals surface area contributed by atoms with E-state index in [0.29, 0.717) is 5.92 Å². The van der Waals surface area contributed by atoms with E-state index < -0.39 is 0 Å². The Morgan fingerprint density at radius 2 is 2.04 bits per heavy atom. The molecule has 2 unspecified atom stereocenters. The molecular weight excluding hydrogens is 304 g/mol. The van der Waals surface area contributed by atoms with Crippen molar-refractivity contribution in [1.29, 1.82) is 0 Å². The summed E-state index contributed by atoms with van der Waals surface area (Å²) in [6.07, 6.45) is 6.62. The quantitative estimate of drug-likeness (QED) is 0.524. The van der Waals surface area contributed by atoms with Crippen molar-refractivity contribution in [2.45, 2.75) is 45.9 Å². The van der Waals surface area contributed by atoms with Gasteiger partial charge in [-0.3, -0.25) is 0 Å². The summed E-state index contributed by atoms with van der Waals surface area (Å²) in [5, 5.41) is 3.63. The summed E-state index contributed by atoms with van der Waals surface area (Å²) >= 11 is 6.37. The largest absolute Gasteiger partial charge is 0.397 e. The maximum atomic E-state index is 6.37. The second-order valence-electron chi connectivity index (χ2n) is 7.13. The summed E-state index contributed by atoms with van der Waals surface area (Å²) in [6, 6.07) is 7.92. The van der Waals surface area contributed by atoms with E-state index in [1.54, 1.807) is 0 Å². The van der Waals surface area contributed by atoms with Gasteiger partial charge in [-0.2, -0.15) is 0 Å². The summed E-state index contributed by atoms with van der Waals surface area (Å²) in [5.41, 5.74) is 10.7. The molecule has 1 aromatic rings. The molecule has 0 radical (unpaired) electrons. The molecule has 126 valence electrons. The molecular formula is C20H29ClN2. The fourth-order valence-electron chi connectivity index (χ4n) is 3.09. The van der Waals surface area contributed by atoms with E-state index in [9.17, 15) is 0 Å². The van der Waals surface area contributed by atoms with Crippen LogP contribution in [0, 0.1) is 11.3 Å². The summed E-state index contributed by atoms with van der Waals surface area (Å²) in [4.78, 5) is 0. The Bertz CT molecular complexity index is 601. The molecule has 2 rings (SSSR count). The highest BCUT2D eigenvalue weighted by Gasteiger charge is 2.30.